The topological polar surface area (TPSA) is 27.7 Å². The van der Waals surface area contributed by atoms with Crippen molar-refractivity contribution in [2.75, 3.05) is 0 Å². The Hall–Kier alpha value is -0.630. The Morgan fingerprint density at radius 3 is 1.73 bits per heavy atom. The quantitative estimate of drug-likeness (QED) is 0.456. The molecule has 1 aromatic carbocycles. The largest absolute Gasteiger partial charge is 0.427 e. The van der Waals surface area contributed by atoms with E-state index in [4.69, 9.17) is 13.6 Å². The van der Waals surface area contributed by atoms with Crippen LogP contribution in [0.25, 0.3) is 0 Å². The van der Waals surface area contributed by atoms with Gasteiger partial charge in [0.1, 0.15) is 5.75 Å². The van der Waals surface area contributed by atoms with Gasteiger partial charge in [0.2, 0.25) is 0 Å². The van der Waals surface area contributed by atoms with Crippen molar-refractivity contribution in [1.82, 2.24) is 0 Å². The number of rotatable bonds is 2. The van der Waals surface area contributed by atoms with Crippen LogP contribution in [0.4, 0.5) is 0 Å². The zero-order chi connectivity index (χ0) is 19.9. The van der Waals surface area contributed by atoms with Gasteiger partial charge in [-0.2, -0.15) is 0 Å². The first-order chi connectivity index (χ1) is 14.9. The second-order valence-corrected chi connectivity index (χ2v) is 11.7. The Bertz CT molecular complexity index is 671. The normalized spacial score (nSPS) is 45.8. The molecule has 164 valence electrons. The first kappa shape index (κ1) is 20.0. The summed E-state index contributed by atoms with van der Waals surface area (Å²) in [5.74, 6) is 5.89. The fourth-order valence-corrected chi connectivity index (χ4v) is 9.43. The molecule has 0 aromatic heterocycles. The molecule has 1 saturated heterocycles. The van der Waals surface area contributed by atoms with Gasteiger partial charge >= 0.3 is 8.60 Å². The van der Waals surface area contributed by atoms with Gasteiger partial charge in [-0.1, -0.05) is 56.7 Å². The van der Waals surface area contributed by atoms with Crippen molar-refractivity contribution >= 4 is 8.60 Å². The van der Waals surface area contributed by atoms with Crippen molar-refractivity contribution in [2.45, 2.75) is 89.3 Å². The van der Waals surface area contributed by atoms with E-state index in [1.807, 2.05) is 30.3 Å². The number of hydrogen-bond acceptors (Lipinski definition) is 3. The predicted molar refractivity (Wildman–Crippen MR) is 120 cm³/mol. The molecule has 1 heterocycles. The van der Waals surface area contributed by atoms with Crippen molar-refractivity contribution in [3.05, 3.63) is 30.3 Å². The molecule has 4 heteroatoms. The number of para-hydroxylation sites is 1. The number of hydrogen-bond donors (Lipinski definition) is 0. The Morgan fingerprint density at radius 1 is 0.633 bits per heavy atom. The first-order valence-corrected chi connectivity index (χ1v) is 13.8. The minimum Gasteiger partial charge on any atom is -0.427 e. The Labute approximate surface area is 183 Å². The van der Waals surface area contributed by atoms with Crippen LogP contribution < -0.4 is 4.52 Å². The minimum atomic E-state index is -1.31. The van der Waals surface area contributed by atoms with Crippen LogP contribution in [0.5, 0.6) is 5.75 Å². The van der Waals surface area contributed by atoms with Gasteiger partial charge < -0.3 is 4.52 Å². The molecule has 8 atom stereocenters. The van der Waals surface area contributed by atoms with Gasteiger partial charge in [0, 0.05) is 0 Å². The lowest BCUT2D eigenvalue weighted by Crippen LogP contribution is -2.51. The lowest BCUT2D eigenvalue weighted by molar-refractivity contribution is -0.0856. The average Bonchev–Trinajstić information content (AvgIpc) is 2.96. The van der Waals surface area contributed by atoms with Crippen LogP contribution in [0.2, 0.25) is 0 Å². The molecule has 30 heavy (non-hydrogen) atoms. The zero-order valence-corrected chi connectivity index (χ0v) is 19.1. The molecule has 0 radical (unpaired) electrons. The predicted octanol–water partition coefficient (Wildman–Crippen LogP) is 7.51. The fraction of sp³-hybridized carbons (Fsp3) is 0.769. The van der Waals surface area contributed by atoms with Crippen LogP contribution in [-0.2, 0) is 9.05 Å². The van der Waals surface area contributed by atoms with Crippen LogP contribution in [0.1, 0.15) is 77.0 Å². The summed E-state index contributed by atoms with van der Waals surface area (Å²) < 4.78 is 19.8. The maximum atomic E-state index is 6.76. The van der Waals surface area contributed by atoms with Gasteiger partial charge in [-0.05, 0) is 86.2 Å². The molecule has 0 spiro atoms. The van der Waals surface area contributed by atoms with Crippen LogP contribution in [0.15, 0.2) is 30.3 Å². The second-order valence-electron chi connectivity index (χ2n) is 10.6. The second kappa shape index (κ2) is 8.72. The van der Waals surface area contributed by atoms with E-state index < -0.39 is 8.60 Å². The van der Waals surface area contributed by atoms with E-state index in [-0.39, 0.29) is 0 Å². The Balaban J connectivity index is 1.32. The molecule has 0 N–H and O–H groups in total. The fourth-order valence-electron chi connectivity index (χ4n) is 8.06. The van der Waals surface area contributed by atoms with Gasteiger partial charge in [-0.3, -0.25) is 9.05 Å². The zero-order valence-electron chi connectivity index (χ0n) is 18.2. The van der Waals surface area contributed by atoms with Crippen molar-refractivity contribution in [3.8, 4) is 5.75 Å². The lowest BCUT2D eigenvalue weighted by atomic mass is 9.53. The van der Waals surface area contributed by atoms with Crippen molar-refractivity contribution in [2.24, 2.45) is 35.5 Å². The summed E-state index contributed by atoms with van der Waals surface area (Å²) in [5.41, 5.74) is 0. The molecule has 4 saturated carbocycles. The van der Waals surface area contributed by atoms with Crippen LogP contribution in [0.3, 0.4) is 0 Å². The minimum absolute atomic E-state index is 0.342. The van der Waals surface area contributed by atoms with Gasteiger partial charge in [0.15, 0.2) is 0 Å². The molecular formula is C26H37O3P. The maximum absolute atomic E-state index is 6.76. The molecule has 6 rings (SSSR count). The van der Waals surface area contributed by atoms with E-state index in [1.54, 1.807) is 0 Å². The molecule has 3 nitrogen and oxygen atoms in total. The molecule has 8 unspecified atom stereocenters. The molecule has 4 aliphatic carbocycles. The highest BCUT2D eigenvalue weighted by atomic mass is 31.2. The van der Waals surface area contributed by atoms with Crippen molar-refractivity contribution < 1.29 is 13.6 Å². The molecule has 5 aliphatic rings. The van der Waals surface area contributed by atoms with E-state index in [9.17, 15) is 0 Å². The molecule has 0 bridgehead atoms. The summed E-state index contributed by atoms with van der Waals surface area (Å²) in [6, 6.07) is 10.2. The third-order valence-electron chi connectivity index (χ3n) is 9.24. The highest BCUT2D eigenvalue weighted by Crippen LogP contribution is 2.61. The van der Waals surface area contributed by atoms with Crippen LogP contribution in [-0.4, -0.2) is 12.2 Å². The average molecular weight is 429 g/mol. The lowest BCUT2D eigenvalue weighted by Gasteiger charge is -2.53. The van der Waals surface area contributed by atoms with Crippen LogP contribution >= 0.6 is 8.60 Å². The van der Waals surface area contributed by atoms with E-state index in [0.717, 1.165) is 29.4 Å². The van der Waals surface area contributed by atoms with E-state index in [0.29, 0.717) is 24.0 Å². The van der Waals surface area contributed by atoms with Crippen molar-refractivity contribution in [3.63, 3.8) is 0 Å². The number of fused-ring (bicyclic) bond motifs is 7. The highest BCUT2D eigenvalue weighted by Gasteiger charge is 2.55. The third-order valence-corrected chi connectivity index (χ3v) is 10.5. The highest BCUT2D eigenvalue weighted by molar-refractivity contribution is 7.42. The van der Waals surface area contributed by atoms with Crippen LogP contribution in [0, 0.1) is 35.5 Å². The standard InChI is InChI=1S/C26H37O3P/c1-2-10-20(11-3-1)27-30-28-23-16-14-18-8-4-6-12-21(18)25(23)26-22-13-7-5-9-19(22)15-17-24(26)29-30/h1-3,10-11,18-19,21-26H,4-9,12-17H2. The molecule has 0 amide bonds. The first-order valence-electron chi connectivity index (χ1n) is 12.7. The van der Waals surface area contributed by atoms with E-state index in [1.165, 1.54) is 77.0 Å². The van der Waals surface area contributed by atoms with Gasteiger partial charge in [0.25, 0.3) is 0 Å². The molecule has 5 fully saturated rings. The van der Waals surface area contributed by atoms with Gasteiger partial charge in [0.05, 0.1) is 12.2 Å². The summed E-state index contributed by atoms with van der Waals surface area (Å²) in [6.07, 6.45) is 17.3. The molecule has 1 aromatic rings. The Morgan fingerprint density at radius 2 is 1.17 bits per heavy atom. The van der Waals surface area contributed by atoms with E-state index >= 15 is 0 Å². The Kier molecular flexibility index (Phi) is 5.82. The monoisotopic (exact) mass is 428 g/mol. The SMILES string of the molecule is c1ccc(OP2OC3CCC4CCCCC4C3C3C(CCC4CCCCC43)O2)cc1. The summed E-state index contributed by atoms with van der Waals surface area (Å²) in [7, 11) is -1.31. The summed E-state index contributed by atoms with van der Waals surface area (Å²) >= 11 is 0. The summed E-state index contributed by atoms with van der Waals surface area (Å²) in [5, 5.41) is 0. The van der Waals surface area contributed by atoms with Gasteiger partial charge in [-0.15, -0.1) is 0 Å². The van der Waals surface area contributed by atoms with Crippen molar-refractivity contribution in [1.29, 1.82) is 0 Å². The third kappa shape index (κ3) is 3.74. The number of benzene rings is 1. The van der Waals surface area contributed by atoms with Gasteiger partial charge in [-0.25, -0.2) is 0 Å². The summed E-state index contributed by atoms with van der Waals surface area (Å²) in [6.45, 7) is 0. The van der Waals surface area contributed by atoms with E-state index in [2.05, 4.69) is 0 Å². The smallest absolute Gasteiger partial charge is 0.397 e. The molecule has 1 aliphatic heterocycles. The molecular weight excluding hydrogens is 391 g/mol. The summed E-state index contributed by atoms with van der Waals surface area (Å²) in [4.78, 5) is 0. The maximum Gasteiger partial charge on any atom is 0.397 e.